The zero-order chi connectivity index (χ0) is 25.5. The molecule has 0 bridgehead atoms. The number of amides is 2. The first kappa shape index (κ1) is 24.6. The number of aryl methyl sites for hydroxylation is 1. The maximum absolute atomic E-state index is 13.1. The van der Waals surface area contributed by atoms with Gasteiger partial charge in [-0.25, -0.2) is 0 Å². The second kappa shape index (κ2) is 10.7. The van der Waals surface area contributed by atoms with Crippen molar-refractivity contribution in [3.05, 3.63) is 109 Å². The summed E-state index contributed by atoms with van der Waals surface area (Å²) < 4.78 is 5.14. The van der Waals surface area contributed by atoms with Gasteiger partial charge >= 0.3 is 0 Å². The molecule has 2 amide bonds. The molecule has 0 aliphatic rings. The highest BCUT2D eigenvalue weighted by atomic mass is 16.6. The van der Waals surface area contributed by atoms with E-state index in [9.17, 15) is 29.8 Å². The average molecular weight is 476 g/mol. The predicted molar refractivity (Wildman–Crippen MR) is 128 cm³/mol. The molecular weight excluding hydrogens is 456 g/mol. The topological polar surface area (TPSA) is 154 Å². The standard InChI is InChI=1S/C24H20N4O7/c1-15-4-3-5-17(12-15)23(29)26-21(13-16-6-8-18(9-7-16)27(31)32)24(30)25-20-11-10-19(28(33)34)14-22(20)35-2/h3-14H,1-2H3,(H,25,30)(H,26,29)/b21-13-. The normalized spacial score (nSPS) is 10.9. The molecule has 0 fully saturated rings. The molecule has 0 atom stereocenters. The molecule has 0 aliphatic heterocycles. The van der Waals surface area contributed by atoms with Crippen molar-refractivity contribution in [1.29, 1.82) is 0 Å². The Labute approximate surface area is 199 Å². The Morgan fingerprint density at radius 3 is 2.17 bits per heavy atom. The predicted octanol–water partition coefficient (Wildman–Crippen LogP) is 4.23. The van der Waals surface area contributed by atoms with Gasteiger partial charge in [0.15, 0.2) is 0 Å². The summed E-state index contributed by atoms with van der Waals surface area (Å²) in [5, 5.41) is 27.1. The third kappa shape index (κ3) is 6.26. The molecule has 35 heavy (non-hydrogen) atoms. The van der Waals surface area contributed by atoms with Crippen LogP contribution in [0.25, 0.3) is 6.08 Å². The first-order valence-electron chi connectivity index (χ1n) is 10.2. The number of non-ortho nitro benzene ring substituents is 2. The van der Waals surface area contributed by atoms with Crippen LogP contribution in [0.2, 0.25) is 0 Å². The number of carbonyl (C=O) groups excluding carboxylic acids is 2. The van der Waals surface area contributed by atoms with Crippen molar-refractivity contribution in [3.63, 3.8) is 0 Å². The van der Waals surface area contributed by atoms with E-state index in [4.69, 9.17) is 4.74 Å². The van der Waals surface area contributed by atoms with Gasteiger partial charge < -0.3 is 15.4 Å². The highest BCUT2D eigenvalue weighted by Gasteiger charge is 2.19. The Morgan fingerprint density at radius 2 is 1.57 bits per heavy atom. The minimum Gasteiger partial charge on any atom is -0.494 e. The molecule has 3 rings (SSSR count). The molecule has 3 aromatic rings. The van der Waals surface area contributed by atoms with Crippen LogP contribution in [0.15, 0.2) is 72.4 Å². The third-order valence-electron chi connectivity index (χ3n) is 4.83. The molecule has 178 valence electrons. The van der Waals surface area contributed by atoms with Crippen molar-refractivity contribution in [2.45, 2.75) is 6.92 Å². The highest BCUT2D eigenvalue weighted by Crippen LogP contribution is 2.29. The number of nitrogens with one attached hydrogen (secondary N) is 2. The van der Waals surface area contributed by atoms with Gasteiger partial charge in [0.2, 0.25) is 0 Å². The second-order valence-electron chi connectivity index (χ2n) is 7.33. The maximum Gasteiger partial charge on any atom is 0.273 e. The minimum atomic E-state index is -0.739. The molecule has 0 spiro atoms. The van der Waals surface area contributed by atoms with Gasteiger partial charge in [-0.1, -0.05) is 17.7 Å². The van der Waals surface area contributed by atoms with Crippen molar-refractivity contribution < 1.29 is 24.2 Å². The number of hydrogen-bond acceptors (Lipinski definition) is 7. The van der Waals surface area contributed by atoms with E-state index in [1.165, 1.54) is 49.6 Å². The molecular formula is C24H20N4O7. The van der Waals surface area contributed by atoms with Gasteiger partial charge in [0.05, 0.1) is 28.7 Å². The van der Waals surface area contributed by atoms with Gasteiger partial charge in [-0.15, -0.1) is 0 Å². The number of methoxy groups -OCH3 is 1. The zero-order valence-electron chi connectivity index (χ0n) is 18.7. The fourth-order valence-electron chi connectivity index (χ4n) is 3.08. The molecule has 3 aromatic carbocycles. The fraction of sp³-hybridized carbons (Fsp3) is 0.0833. The second-order valence-corrected chi connectivity index (χ2v) is 7.33. The molecule has 2 N–H and O–H groups in total. The smallest absolute Gasteiger partial charge is 0.273 e. The molecule has 11 nitrogen and oxygen atoms in total. The van der Waals surface area contributed by atoms with E-state index < -0.39 is 21.7 Å². The lowest BCUT2D eigenvalue weighted by atomic mass is 10.1. The number of ether oxygens (including phenoxy) is 1. The molecule has 0 saturated heterocycles. The van der Waals surface area contributed by atoms with Crippen LogP contribution in [-0.2, 0) is 4.79 Å². The van der Waals surface area contributed by atoms with Gasteiger partial charge in [-0.05, 0) is 48.9 Å². The first-order valence-corrected chi connectivity index (χ1v) is 10.2. The number of hydrogen-bond donors (Lipinski definition) is 2. The summed E-state index contributed by atoms with van der Waals surface area (Å²) >= 11 is 0. The van der Waals surface area contributed by atoms with E-state index in [0.717, 1.165) is 11.6 Å². The summed E-state index contributed by atoms with van der Waals surface area (Å²) in [5.41, 5.74) is 1.20. The van der Waals surface area contributed by atoms with Crippen molar-refractivity contribution >= 4 is 35.0 Å². The number of rotatable bonds is 8. The lowest BCUT2D eigenvalue weighted by Gasteiger charge is -2.13. The lowest BCUT2D eigenvalue weighted by Crippen LogP contribution is -2.30. The van der Waals surface area contributed by atoms with Crippen LogP contribution in [0.4, 0.5) is 17.1 Å². The number of nitro groups is 2. The van der Waals surface area contributed by atoms with Crippen LogP contribution in [0.1, 0.15) is 21.5 Å². The number of nitrogens with zero attached hydrogens (tertiary/aromatic N) is 2. The Bertz CT molecular complexity index is 1330. The molecule has 0 aliphatic carbocycles. The average Bonchev–Trinajstić information content (AvgIpc) is 2.83. The summed E-state index contributed by atoms with van der Waals surface area (Å²) in [6.45, 7) is 1.82. The molecule has 0 saturated carbocycles. The lowest BCUT2D eigenvalue weighted by molar-refractivity contribution is -0.385. The number of benzene rings is 3. The van der Waals surface area contributed by atoms with Gasteiger partial charge in [0.25, 0.3) is 23.2 Å². The highest BCUT2D eigenvalue weighted by molar-refractivity contribution is 6.11. The van der Waals surface area contributed by atoms with Crippen molar-refractivity contribution in [2.75, 3.05) is 12.4 Å². The Hall–Kier alpha value is -5.06. The van der Waals surface area contributed by atoms with Crippen LogP contribution < -0.4 is 15.4 Å². The van der Waals surface area contributed by atoms with E-state index >= 15 is 0 Å². The summed E-state index contributed by atoms with van der Waals surface area (Å²) in [7, 11) is 1.29. The van der Waals surface area contributed by atoms with Crippen molar-refractivity contribution in [3.8, 4) is 5.75 Å². The van der Waals surface area contributed by atoms with Gasteiger partial charge in [0.1, 0.15) is 11.4 Å². The Morgan fingerprint density at radius 1 is 0.914 bits per heavy atom. The van der Waals surface area contributed by atoms with E-state index in [0.29, 0.717) is 11.1 Å². The number of nitro benzene ring substituents is 2. The molecule has 0 unspecified atom stereocenters. The van der Waals surface area contributed by atoms with Crippen LogP contribution in [-0.4, -0.2) is 28.8 Å². The fourth-order valence-corrected chi connectivity index (χ4v) is 3.08. The van der Waals surface area contributed by atoms with E-state index in [-0.39, 0.29) is 28.5 Å². The Balaban J connectivity index is 1.95. The SMILES string of the molecule is COc1cc([N+](=O)[O-])ccc1NC(=O)/C(=C/c1ccc([N+](=O)[O-])cc1)NC(=O)c1cccc(C)c1. The maximum atomic E-state index is 13.1. The van der Waals surface area contributed by atoms with E-state index in [1.807, 2.05) is 13.0 Å². The number of carbonyl (C=O) groups is 2. The van der Waals surface area contributed by atoms with Crippen LogP contribution in [0.5, 0.6) is 5.75 Å². The van der Waals surface area contributed by atoms with Gasteiger partial charge in [-0.2, -0.15) is 0 Å². The van der Waals surface area contributed by atoms with E-state index in [2.05, 4.69) is 10.6 Å². The Kier molecular flexibility index (Phi) is 7.52. The summed E-state index contributed by atoms with van der Waals surface area (Å²) in [5.74, 6) is -1.24. The zero-order valence-corrected chi connectivity index (χ0v) is 18.7. The third-order valence-corrected chi connectivity index (χ3v) is 4.83. The first-order chi connectivity index (χ1) is 16.7. The van der Waals surface area contributed by atoms with Crippen molar-refractivity contribution in [2.24, 2.45) is 0 Å². The molecule has 0 radical (unpaired) electrons. The summed E-state index contributed by atoms with van der Waals surface area (Å²) in [6, 6.07) is 15.8. The molecule has 0 aromatic heterocycles. The van der Waals surface area contributed by atoms with Gasteiger partial charge in [-0.3, -0.25) is 29.8 Å². The summed E-state index contributed by atoms with van der Waals surface area (Å²) in [4.78, 5) is 46.7. The minimum absolute atomic E-state index is 0.0484. The largest absolute Gasteiger partial charge is 0.494 e. The summed E-state index contributed by atoms with van der Waals surface area (Å²) in [6.07, 6.45) is 1.35. The monoisotopic (exact) mass is 476 g/mol. The van der Waals surface area contributed by atoms with Crippen LogP contribution in [0, 0.1) is 27.2 Å². The van der Waals surface area contributed by atoms with Crippen LogP contribution >= 0.6 is 0 Å². The van der Waals surface area contributed by atoms with Crippen LogP contribution in [0.3, 0.4) is 0 Å². The molecule has 11 heteroatoms. The van der Waals surface area contributed by atoms with Crippen molar-refractivity contribution in [1.82, 2.24) is 5.32 Å². The van der Waals surface area contributed by atoms with E-state index in [1.54, 1.807) is 18.2 Å². The number of anilines is 1. The molecule has 0 heterocycles. The quantitative estimate of drug-likeness (QED) is 0.280. The van der Waals surface area contributed by atoms with Gasteiger partial charge in [0, 0.05) is 23.8 Å².